The third-order valence-electron chi connectivity index (χ3n) is 6.85. The SMILES string of the molecule is COc1cc2nccc(Oc3ccc(CC(=O)c4cn(CC(F)F)c(C)c(-c5ccc(F)cc5)c4=O)cc3)c2nc1OC. The smallest absolute Gasteiger partial charge is 0.257 e. The van der Waals surface area contributed by atoms with Crippen LogP contribution in [0, 0.1) is 12.7 Å². The Kier molecular flexibility index (Phi) is 8.42. The van der Waals surface area contributed by atoms with E-state index in [1.54, 1.807) is 42.6 Å². The fourth-order valence-corrected chi connectivity index (χ4v) is 4.72. The van der Waals surface area contributed by atoms with Gasteiger partial charge in [0.2, 0.25) is 0 Å². The van der Waals surface area contributed by atoms with Gasteiger partial charge in [0.05, 0.1) is 31.8 Å². The average Bonchev–Trinajstić information content (AvgIpc) is 2.99. The molecule has 0 fully saturated rings. The molecule has 3 aromatic heterocycles. The van der Waals surface area contributed by atoms with Gasteiger partial charge in [-0.25, -0.2) is 18.2 Å². The zero-order chi connectivity index (χ0) is 30.7. The fourth-order valence-electron chi connectivity index (χ4n) is 4.72. The van der Waals surface area contributed by atoms with Crippen molar-refractivity contribution in [2.75, 3.05) is 14.2 Å². The second-order valence-corrected chi connectivity index (χ2v) is 9.61. The number of fused-ring (bicyclic) bond motifs is 1. The largest absolute Gasteiger partial charge is 0.491 e. The highest BCUT2D eigenvalue weighted by atomic mass is 19.3. The van der Waals surface area contributed by atoms with Gasteiger partial charge in [-0.3, -0.25) is 14.6 Å². The monoisotopic (exact) mass is 589 g/mol. The van der Waals surface area contributed by atoms with Crippen LogP contribution in [0.15, 0.2) is 77.9 Å². The molecule has 0 aliphatic carbocycles. The molecule has 8 nitrogen and oxygen atoms in total. The van der Waals surface area contributed by atoms with E-state index >= 15 is 0 Å². The fraction of sp³-hybridized carbons (Fsp3) is 0.188. The Morgan fingerprint density at radius 1 is 0.977 bits per heavy atom. The van der Waals surface area contributed by atoms with Crippen molar-refractivity contribution in [3.63, 3.8) is 0 Å². The van der Waals surface area contributed by atoms with Crippen LogP contribution in [-0.2, 0) is 13.0 Å². The molecule has 0 bridgehead atoms. The van der Waals surface area contributed by atoms with Crippen molar-refractivity contribution >= 4 is 16.8 Å². The van der Waals surface area contributed by atoms with Crippen molar-refractivity contribution < 1.29 is 32.2 Å². The van der Waals surface area contributed by atoms with E-state index in [-0.39, 0.29) is 29.1 Å². The summed E-state index contributed by atoms with van der Waals surface area (Å²) in [5, 5.41) is 0. The highest BCUT2D eigenvalue weighted by molar-refractivity contribution is 5.98. The molecule has 0 spiro atoms. The number of nitrogens with zero attached hydrogens (tertiary/aromatic N) is 3. The highest BCUT2D eigenvalue weighted by Crippen LogP contribution is 2.34. The number of carbonyl (C=O) groups is 1. The lowest BCUT2D eigenvalue weighted by atomic mass is 9.97. The number of ether oxygens (including phenoxy) is 3. The van der Waals surface area contributed by atoms with Crippen LogP contribution in [0.5, 0.6) is 23.1 Å². The van der Waals surface area contributed by atoms with Crippen LogP contribution in [-0.4, -0.2) is 41.0 Å². The maximum atomic E-state index is 13.5. The van der Waals surface area contributed by atoms with Gasteiger partial charge in [-0.15, -0.1) is 0 Å². The average molecular weight is 590 g/mol. The van der Waals surface area contributed by atoms with Crippen LogP contribution < -0.4 is 19.6 Å². The van der Waals surface area contributed by atoms with Crippen molar-refractivity contribution in [1.29, 1.82) is 0 Å². The molecule has 0 unspecified atom stereocenters. The second-order valence-electron chi connectivity index (χ2n) is 9.61. The number of hydrogen-bond donors (Lipinski definition) is 0. The van der Waals surface area contributed by atoms with Gasteiger partial charge in [0.15, 0.2) is 22.7 Å². The first-order valence-corrected chi connectivity index (χ1v) is 13.1. The van der Waals surface area contributed by atoms with Gasteiger partial charge in [-0.1, -0.05) is 24.3 Å². The molecule has 220 valence electrons. The molecule has 0 aliphatic heterocycles. The molecule has 0 N–H and O–H groups in total. The summed E-state index contributed by atoms with van der Waals surface area (Å²) in [4.78, 5) is 35.5. The van der Waals surface area contributed by atoms with Crippen LogP contribution in [0.1, 0.15) is 21.6 Å². The van der Waals surface area contributed by atoms with Crippen LogP contribution in [0.4, 0.5) is 13.2 Å². The van der Waals surface area contributed by atoms with Crippen molar-refractivity contribution in [2.45, 2.75) is 26.3 Å². The lowest BCUT2D eigenvalue weighted by Gasteiger charge is -2.17. The number of pyridine rings is 3. The van der Waals surface area contributed by atoms with E-state index in [1.807, 2.05) is 0 Å². The number of ketones is 1. The molecule has 11 heteroatoms. The van der Waals surface area contributed by atoms with Gasteiger partial charge in [0.1, 0.15) is 17.1 Å². The van der Waals surface area contributed by atoms with Gasteiger partial charge < -0.3 is 18.8 Å². The molecule has 0 atom stereocenters. The molecule has 2 aromatic carbocycles. The topological polar surface area (TPSA) is 92.5 Å². The van der Waals surface area contributed by atoms with Crippen LogP contribution >= 0.6 is 0 Å². The molecule has 0 radical (unpaired) electrons. The molecule has 0 aliphatic rings. The highest BCUT2D eigenvalue weighted by Gasteiger charge is 2.21. The van der Waals surface area contributed by atoms with E-state index in [0.29, 0.717) is 39.4 Å². The number of rotatable bonds is 10. The molecule has 0 saturated heterocycles. The summed E-state index contributed by atoms with van der Waals surface area (Å²) in [7, 11) is 2.97. The summed E-state index contributed by atoms with van der Waals surface area (Å²) in [5.41, 5.74) is 1.38. The zero-order valence-corrected chi connectivity index (χ0v) is 23.4. The normalized spacial score (nSPS) is 11.1. The van der Waals surface area contributed by atoms with Crippen LogP contribution in [0.2, 0.25) is 0 Å². The number of carbonyl (C=O) groups excluding carboxylic acids is 1. The zero-order valence-electron chi connectivity index (χ0n) is 23.4. The summed E-state index contributed by atoms with van der Waals surface area (Å²) in [5.74, 6) is 0.509. The maximum Gasteiger partial charge on any atom is 0.257 e. The predicted molar refractivity (Wildman–Crippen MR) is 154 cm³/mol. The number of Topliss-reactive ketones (excluding diaryl/α,β-unsaturated/α-hetero) is 1. The first kappa shape index (κ1) is 29.3. The molecular weight excluding hydrogens is 563 g/mol. The lowest BCUT2D eigenvalue weighted by Crippen LogP contribution is -2.24. The molecule has 0 saturated carbocycles. The summed E-state index contributed by atoms with van der Waals surface area (Å²) in [6.45, 7) is 0.813. The van der Waals surface area contributed by atoms with E-state index in [9.17, 15) is 22.8 Å². The van der Waals surface area contributed by atoms with Crippen molar-refractivity contribution in [3.8, 4) is 34.3 Å². The first-order valence-electron chi connectivity index (χ1n) is 13.1. The van der Waals surface area contributed by atoms with E-state index in [0.717, 1.165) is 0 Å². The molecule has 43 heavy (non-hydrogen) atoms. The van der Waals surface area contributed by atoms with Crippen LogP contribution in [0.3, 0.4) is 0 Å². The minimum absolute atomic E-state index is 0.0719. The van der Waals surface area contributed by atoms with Crippen LogP contribution in [0.25, 0.3) is 22.2 Å². The van der Waals surface area contributed by atoms with Gasteiger partial charge in [-0.05, 0) is 42.3 Å². The summed E-state index contributed by atoms with van der Waals surface area (Å²) >= 11 is 0. The molecule has 0 amide bonds. The minimum atomic E-state index is -2.71. The number of benzene rings is 2. The van der Waals surface area contributed by atoms with Gasteiger partial charge in [0.25, 0.3) is 12.3 Å². The van der Waals surface area contributed by atoms with Crippen molar-refractivity contribution in [2.24, 2.45) is 0 Å². The first-order chi connectivity index (χ1) is 20.7. The Balaban J connectivity index is 1.41. The Bertz CT molecular complexity index is 1860. The number of hydrogen-bond acceptors (Lipinski definition) is 7. The summed E-state index contributed by atoms with van der Waals surface area (Å²) in [6, 6.07) is 15.1. The number of aromatic nitrogens is 3. The van der Waals surface area contributed by atoms with Gasteiger partial charge in [-0.2, -0.15) is 0 Å². The summed E-state index contributed by atoms with van der Waals surface area (Å²) < 4.78 is 58.0. The molecule has 3 heterocycles. The van der Waals surface area contributed by atoms with E-state index in [1.165, 1.54) is 56.2 Å². The maximum absolute atomic E-state index is 13.5. The van der Waals surface area contributed by atoms with Gasteiger partial charge >= 0.3 is 0 Å². The Labute approximate surface area is 244 Å². The van der Waals surface area contributed by atoms with E-state index in [2.05, 4.69) is 9.97 Å². The standard InChI is InChI=1S/C32H26F3N3O5/c1-18-29(20-6-8-21(33)9-7-20)31(40)23(16-38(18)17-28(34)35)25(39)14-19-4-10-22(11-5-19)43-26-12-13-36-24-15-27(41-2)32(42-3)37-30(24)26/h4-13,15-16,28H,14,17H2,1-3H3. The number of alkyl halides is 2. The van der Waals surface area contributed by atoms with Crippen molar-refractivity contribution in [3.05, 3.63) is 106 Å². The summed E-state index contributed by atoms with van der Waals surface area (Å²) in [6.07, 6.45) is -0.136. The minimum Gasteiger partial charge on any atom is -0.491 e. The molecular formula is C32H26F3N3O5. The third-order valence-corrected chi connectivity index (χ3v) is 6.85. The Morgan fingerprint density at radius 2 is 1.70 bits per heavy atom. The third kappa shape index (κ3) is 6.20. The number of methoxy groups -OCH3 is 2. The van der Waals surface area contributed by atoms with E-state index < -0.39 is 30.0 Å². The quantitative estimate of drug-likeness (QED) is 0.174. The predicted octanol–water partition coefficient (Wildman–Crippen LogP) is 6.41. The molecule has 5 aromatic rings. The number of halogens is 3. The second kappa shape index (κ2) is 12.4. The molecule has 5 rings (SSSR count). The van der Waals surface area contributed by atoms with Crippen molar-refractivity contribution in [1.82, 2.24) is 14.5 Å². The Morgan fingerprint density at radius 3 is 2.35 bits per heavy atom. The van der Waals surface area contributed by atoms with Gasteiger partial charge in [0, 0.05) is 42.2 Å². The van der Waals surface area contributed by atoms with E-state index in [4.69, 9.17) is 14.2 Å². The Hall–Kier alpha value is -5.19. The lowest BCUT2D eigenvalue weighted by molar-refractivity contribution is 0.0988.